The van der Waals surface area contributed by atoms with E-state index in [2.05, 4.69) is 0 Å². The van der Waals surface area contributed by atoms with Gasteiger partial charge in [-0.15, -0.1) is 0 Å². The first-order valence-electron chi connectivity index (χ1n) is 6.79. The normalized spacial score (nSPS) is 17.1. The molecule has 1 heterocycles. The van der Waals surface area contributed by atoms with Crippen LogP contribution in [-0.4, -0.2) is 31.6 Å². The number of Topliss-reactive ketones (excluding diaryl/α,β-unsaturated/α-hetero) is 1. The van der Waals surface area contributed by atoms with Crippen molar-refractivity contribution in [1.29, 1.82) is 0 Å². The second-order valence-electron chi connectivity index (χ2n) is 4.88. The SMILES string of the molecule is CCC(=O)c1cc(S(=O)(=O)N2CCCCC2)ccc1Cl. The van der Waals surface area contributed by atoms with Gasteiger partial charge in [0.25, 0.3) is 0 Å². The second-order valence-corrected chi connectivity index (χ2v) is 7.23. The summed E-state index contributed by atoms with van der Waals surface area (Å²) in [4.78, 5) is 12.0. The molecular formula is C14H18ClNO3S. The molecule has 1 aromatic carbocycles. The van der Waals surface area contributed by atoms with Crippen molar-refractivity contribution in [3.8, 4) is 0 Å². The highest BCUT2D eigenvalue weighted by atomic mass is 35.5. The number of hydrogen-bond donors (Lipinski definition) is 0. The third-order valence-electron chi connectivity index (χ3n) is 3.51. The zero-order chi connectivity index (χ0) is 14.8. The molecule has 0 spiro atoms. The molecule has 1 aliphatic rings. The predicted octanol–water partition coefficient (Wildman–Crippen LogP) is 3.11. The molecule has 0 unspecified atom stereocenters. The molecule has 0 N–H and O–H groups in total. The number of ketones is 1. The van der Waals surface area contributed by atoms with E-state index in [1.165, 1.54) is 22.5 Å². The molecule has 1 fully saturated rings. The lowest BCUT2D eigenvalue weighted by Crippen LogP contribution is -2.35. The molecule has 0 aromatic heterocycles. The van der Waals surface area contributed by atoms with Crippen LogP contribution in [0.1, 0.15) is 43.0 Å². The molecule has 1 aromatic rings. The van der Waals surface area contributed by atoms with E-state index in [0.717, 1.165) is 19.3 Å². The number of nitrogens with zero attached hydrogens (tertiary/aromatic N) is 1. The van der Waals surface area contributed by atoms with Gasteiger partial charge in [-0.25, -0.2) is 8.42 Å². The van der Waals surface area contributed by atoms with Crippen molar-refractivity contribution in [3.63, 3.8) is 0 Å². The average Bonchev–Trinajstić information content (AvgIpc) is 2.47. The van der Waals surface area contributed by atoms with Crippen molar-refractivity contribution in [2.45, 2.75) is 37.5 Å². The van der Waals surface area contributed by atoms with Gasteiger partial charge in [-0.2, -0.15) is 4.31 Å². The lowest BCUT2D eigenvalue weighted by molar-refractivity contribution is 0.0988. The van der Waals surface area contributed by atoms with Crippen molar-refractivity contribution in [2.75, 3.05) is 13.1 Å². The summed E-state index contributed by atoms with van der Waals surface area (Å²) in [5.74, 6) is -0.148. The molecule has 1 saturated heterocycles. The summed E-state index contributed by atoms with van der Waals surface area (Å²) in [6, 6.07) is 4.36. The molecule has 0 amide bonds. The molecular weight excluding hydrogens is 298 g/mol. The number of rotatable bonds is 4. The van der Waals surface area contributed by atoms with Gasteiger partial charge in [0.2, 0.25) is 10.0 Å². The van der Waals surface area contributed by atoms with Crippen LogP contribution in [0.5, 0.6) is 0 Å². The predicted molar refractivity (Wildman–Crippen MR) is 78.7 cm³/mol. The summed E-state index contributed by atoms with van der Waals surface area (Å²) in [6.07, 6.45) is 3.13. The fourth-order valence-corrected chi connectivity index (χ4v) is 4.09. The highest BCUT2D eigenvalue weighted by molar-refractivity contribution is 7.89. The van der Waals surface area contributed by atoms with E-state index in [1.807, 2.05) is 0 Å². The van der Waals surface area contributed by atoms with Crippen molar-refractivity contribution >= 4 is 27.4 Å². The lowest BCUT2D eigenvalue weighted by Gasteiger charge is -2.26. The number of carbonyl (C=O) groups is 1. The summed E-state index contributed by atoms with van der Waals surface area (Å²) >= 11 is 5.98. The standard InChI is InChI=1S/C14H18ClNO3S/c1-2-14(17)12-10-11(6-7-13(12)15)20(18,19)16-8-4-3-5-9-16/h6-7,10H,2-5,8-9H2,1H3. The molecule has 0 aliphatic carbocycles. The zero-order valence-electron chi connectivity index (χ0n) is 11.4. The molecule has 0 bridgehead atoms. The van der Waals surface area contributed by atoms with Gasteiger partial charge in [-0.05, 0) is 31.0 Å². The molecule has 0 radical (unpaired) electrons. The highest BCUT2D eigenvalue weighted by Crippen LogP contribution is 2.25. The first kappa shape index (κ1) is 15.5. The van der Waals surface area contributed by atoms with E-state index in [0.29, 0.717) is 24.5 Å². The minimum atomic E-state index is -3.52. The van der Waals surface area contributed by atoms with Gasteiger partial charge in [0.1, 0.15) is 0 Å². The van der Waals surface area contributed by atoms with E-state index >= 15 is 0 Å². The van der Waals surface area contributed by atoms with Gasteiger partial charge >= 0.3 is 0 Å². The maximum Gasteiger partial charge on any atom is 0.243 e. The summed E-state index contributed by atoms with van der Waals surface area (Å²) in [5.41, 5.74) is 0.284. The summed E-state index contributed by atoms with van der Waals surface area (Å²) < 4.78 is 26.6. The van der Waals surface area contributed by atoms with E-state index in [9.17, 15) is 13.2 Å². The Bertz CT molecular complexity index is 607. The van der Waals surface area contributed by atoms with Crippen LogP contribution < -0.4 is 0 Å². The highest BCUT2D eigenvalue weighted by Gasteiger charge is 2.26. The Morgan fingerprint density at radius 1 is 1.25 bits per heavy atom. The lowest BCUT2D eigenvalue weighted by atomic mass is 10.1. The molecule has 110 valence electrons. The van der Waals surface area contributed by atoms with Crippen LogP contribution in [0.25, 0.3) is 0 Å². The van der Waals surface area contributed by atoms with Crippen LogP contribution in [0.15, 0.2) is 23.1 Å². The van der Waals surface area contributed by atoms with Crippen molar-refractivity contribution in [1.82, 2.24) is 4.31 Å². The smallest absolute Gasteiger partial charge is 0.243 e. The largest absolute Gasteiger partial charge is 0.294 e. The molecule has 6 heteroatoms. The van der Waals surface area contributed by atoms with E-state index in [1.54, 1.807) is 6.92 Å². The summed E-state index contributed by atoms with van der Waals surface area (Å²) in [7, 11) is -3.52. The Morgan fingerprint density at radius 2 is 1.90 bits per heavy atom. The van der Waals surface area contributed by atoms with Crippen LogP contribution in [-0.2, 0) is 10.0 Å². The Balaban J connectivity index is 2.39. The fraction of sp³-hybridized carbons (Fsp3) is 0.500. The first-order chi connectivity index (χ1) is 9.46. The fourth-order valence-electron chi connectivity index (χ4n) is 2.32. The van der Waals surface area contributed by atoms with Gasteiger partial charge in [-0.3, -0.25) is 4.79 Å². The van der Waals surface area contributed by atoms with Gasteiger partial charge in [0.15, 0.2) is 5.78 Å². The summed E-state index contributed by atoms with van der Waals surface area (Å²) in [6.45, 7) is 2.81. The molecule has 1 aliphatic heterocycles. The van der Waals surface area contributed by atoms with Gasteiger partial charge in [0.05, 0.1) is 9.92 Å². The number of benzene rings is 1. The number of sulfonamides is 1. The van der Waals surface area contributed by atoms with Crippen LogP contribution in [0.3, 0.4) is 0 Å². The minimum absolute atomic E-state index is 0.148. The van der Waals surface area contributed by atoms with Gasteiger partial charge < -0.3 is 0 Å². The third-order valence-corrected chi connectivity index (χ3v) is 5.74. The maximum absolute atomic E-state index is 12.5. The topological polar surface area (TPSA) is 54.5 Å². The number of carbonyl (C=O) groups excluding carboxylic acids is 1. The van der Waals surface area contributed by atoms with Crippen LogP contribution in [0, 0.1) is 0 Å². The Kier molecular flexibility index (Phi) is 4.83. The van der Waals surface area contributed by atoms with Crippen LogP contribution >= 0.6 is 11.6 Å². The molecule has 20 heavy (non-hydrogen) atoms. The number of piperidine rings is 1. The monoisotopic (exact) mass is 315 g/mol. The Morgan fingerprint density at radius 3 is 2.50 bits per heavy atom. The summed E-state index contributed by atoms with van der Waals surface area (Å²) in [5, 5.41) is 0.300. The molecule has 0 saturated carbocycles. The van der Waals surface area contributed by atoms with Gasteiger partial charge in [-0.1, -0.05) is 24.9 Å². The zero-order valence-corrected chi connectivity index (χ0v) is 13.0. The number of halogens is 1. The van der Waals surface area contributed by atoms with Crippen LogP contribution in [0.2, 0.25) is 5.02 Å². The van der Waals surface area contributed by atoms with E-state index < -0.39 is 10.0 Å². The first-order valence-corrected chi connectivity index (χ1v) is 8.61. The number of hydrogen-bond acceptors (Lipinski definition) is 3. The quantitative estimate of drug-likeness (QED) is 0.802. The molecule has 4 nitrogen and oxygen atoms in total. The second kappa shape index (κ2) is 6.24. The van der Waals surface area contributed by atoms with Crippen molar-refractivity contribution in [3.05, 3.63) is 28.8 Å². The van der Waals surface area contributed by atoms with E-state index in [-0.39, 0.29) is 16.2 Å². The van der Waals surface area contributed by atoms with Crippen molar-refractivity contribution < 1.29 is 13.2 Å². The average molecular weight is 316 g/mol. The molecule has 0 atom stereocenters. The van der Waals surface area contributed by atoms with Crippen LogP contribution in [0.4, 0.5) is 0 Å². The third kappa shape index (κ3) is 3.05. The Labute approximate surface area is 124 Å². The van der Waals surface area contributed by atoms with Crippen molar-refractivity contribution in [2.24, 2.45) is 0 Å². The Hall–Kier alpha value is -0.910. The van der Waals surface area contributed by atoms with Gasteiger partial charge in [0, 0.05) is 25.1 Å². The molecule has 2 rings (SSSR count). The minimum Gasteiger partial charge on any atom is -0.294 e. The van der Waals surface area contributed by atoms with E-state index in [4.69, 9.17) is 11.6 Å². The maximum atomic E-state index is 12.5.